The lowest BCUT2D eigenvalue weighted by atomic mass is 9.90. The largest absolute Gasteiger partial charge is 0.494 e. The first-order valence-electron chi connectivity index (χ1n) is 46.6. The number of aliphatic hydroxyl groups excluding tert-OH is 3. The van der Waals surface area contributed by atoms with Crippen LogP contribution in [-0.2, 0) is 147 Å². The number of nitrogens with one attached hydrogen (secondary N) is 12. The molecule has 7 rings (SSSR count). The molecule has 141 heavy (non-hydrogen) atoms. The van der Waals surface area contributed by atoms with E-state index in [1.54, 1.807) is 35.1 Å². The van der Waals surface area contributed by atoms with Crippen LogP contribution in [0.25, 0.3) is 11.1 Å². The summed E-state index contributed by atoms with van der Waals surface area (Å²) in [6.07, 6.45) is 1.46. The number of hydrogen-bond acceptors (Lipinski definition) is 31. The van der Waals surface area contributed by atoms with Gasteiger partial charge in [0.1, 0.15) is 70.5 Å². The number of carbonyl (C=O) groups excluding carboxylic acids is 10. The van der Waals surface area contributed by atoms with Crippen LogP contribution < -0.4 is 63.6 Å². The SMILES string of the molecule is CCc1cc(OCCCCn2cc(COCCOCCOCCOCCOCCOCCOCCOCCN)nn2)ccc1-c1ccc(C[C@H](NC(=O)[C@H](CC(=O)O)NC(=O)[C@H](CO)NC(=O)[C@@H](NC(=O)C(C)(Cc2ccccc2F)NC(=O)[C@@H](NC(=O)CNC(=O)[C@H](Cc2nn[nH]n2)NC(=O)C(C)(C)C(=O)NCCc2cnc[nH]2)[C@@H](C)O)[C@@H](C)O)C(=O)N[C@@H](CCCc2cc(C)cc(C)c2)C(=O)O)cc1. The summed E-state index contributed by atoms with van der Waals surface area (Å²) in [6.45, 7) is 17.8. The van der Waals surface area contributed by atoms with Crippen LogP contribution in [0.2, 0.25) is 0 Å². The van der Waals surface area contributed by atoms with Crippen molar-refractivity contribution in [3.8, 4) is 16.9 Å². The number of H-pyrrole nitrogens is 2. The maximum absolute atomic E-state index is 15.6. The Labute approximate surface area is 815 Å². The Morgan fingerprint density at radius 3 is 1.72 bits per heavy atom. The molecule has 1 unspecified atom stereocenters. The highest BCUT2D eigenvalue weighted by Crippen LogP contribution is 2.30. The first-order valence-corrected chi connectivity index (χ1v) is 46.6. The average molecular weight is 1980 g/mol. The van der Waals surface area contributed by atoms with Gasteiger partial charge in [0.15, 0.2) is 5.82 Å². The summed E-state index contributed by atoms with van der Waals surface area (Å²) >= 11 is 0. The number of unbranched alkanes of at least 4 members (excludes halogenated alkanes) is 1. The number of benzene rings is 4. The summed E-state index contributed by atoms with van der Waals surface area (Å²) in [6, 6.07) is 10.3. The molecule has 10 atom stereocenters. The van der Waals surface area contributed by atoms with E-state index in [9.17, 15) is 83.1 Å². The molecular weight excluding hydrogens is 1840 g/mol. The van der Waals surface area contributed by atoms with E-state index in [-0.39, 0.29) is 37.4 Å². The molecule has 0 aliphatic rings. The van der Waals surface area contributed by atoms with Gasteiger partial charge in [-0.05, 0) is 139 Å². The van der Waals surface area contributed by atoms with Gasteiger partial charge in [-0.15, -0.1) is 15.3 Å². The molecule has 47 heteroatoms. The van der Waals surface area contributed by atoms with Gasteiger partial charge in [0.2, 0.25) is 59.1 Å². The van der Waals surface area contributed by atoms with E-state index in [2.05, 4.69) is 94.1 Å². The number of aromatic amines is 2. The second-order valence-corrected chi connectivity index (χ2v) is 34.0. The monoisotopic (exact) mass is 1980 g/mol. The maximum Gasteiger partial charge on any atom is 0.326 e. The number of nitrogens with zero attached hydrogens (tertiary/aromatic N) is 7. The summed E-state index contributed by atoms with van der Waals surface area (Å²) in [4.78, 5) is 174. The first-order chi connectivity index (χ1) is 67.6. The smallest absolute Gasteiger partial charge is 0.326 e. The Kier molecular flexibility index (Phi) is 50.4. The van der Waals surface area contributed by atoms with Crippen LogP contribution in [0.1, 0.15) is 124 Å². The molecule has 4 aromatic carbocycles. The number of carbonyl (C=O) groups is 12. The third-order valence-electron chi connectivity index (χ3n) is 22.0. The van der Waals surface area contributed by atoms with E-state index >= 15 is 4.39 Å². The highest BCUT2D eigenvalue weighted by molar-refractivity contribution is 6.06. The number of hydrogen-bond donors (Lipinski definition) is 18. The third kappa shape index (κ3) is 41.5. The van der Waals surface area contributed by atoms with Gasteiger partial charge >= 0.3 is 11.9 Å². The van der Waals surface area contributed by atoms with Crippen molar-refractivity contribution >= 4 is 71.0 Å². The second-order valence-electron chi connectivity index (χ2n) is 34.0. The first kappa shape index (κ1) is 115. The Balaban J connectivity index is 0.934. The Morgan fingerprint density at radius 2 is 1.14 bits per heavy atom. The highest BCUT2D eigenvalue weighted by atomic mass is 19.1. The molecule has 0 saturated carbocycles. The summed E-state index contributed by atoms with van der Waals surface area (Å²) < 4.78 is 67.6. The van der Waals surface area contributed by atoms with Crippen molar-refractivity contribution in [1.29, 1.82) is 0 Å². The number of ether oxygens (including phenoxy) is 9. The quantitative estimate of drug-likeness (QED) is 0.0162. The van der Waals surface area contributed by atoms with Crippen LogP contribution >= 0.6 is 0 Å². The number of nitrogens with two attached hydrogens (primary N) is 1. The molecule has 0 saturated heterocycles. The van der Waals surface area contributed by atoms with Crippen LogP contribution in [0.5, 0.6) is 5.75 Å². The molecule has 19 N–H and O–H groups in total. The van der Waals surface area contributed by atoms with Crippen molar-refractivity contribution in [3.05, 3.63) is 160 Å². The van der Waals surface area contributed by atoms with Gasteiger partial charge < -0.3 is 132 Å². The fourth-order valence-electron chi connectivity index (χ4n) is 14.3. The summed E-state index contributed by atoms with van der Waals surface area (Å²) in [5, 5.41) is 99.0. The fourth-order valence-corrected chi connectivity index (χ4v) is 14.3. The molecule has 0 aliphatic heterocycles. The number of carboxylic acids is 2. The number of halogens is 1. The van der Waals surface area contributed by atoms with E-state index in [4.69, 9.17) is 48.4 Å². The molecule has 10 amide bonds. The minimum Gasteiger partial charge on any atom is -0.494 e. The molecule has 0 spiro atoms. The van der Waals surface area contributed by atoms with Crippen LogP contribution in [0.4, 0.5) is 4.39 Å². The number of imidazole rings is 1. The van der Waals surface area contributed by atoms with E-state index in [1.807, 2.05) is 63.4 Å². The molecule has 3 heterocycles. The van der Waals surface area contributed by atoms with E-state index in [1.165, 1.54) is 38.4 Å². The molecule has 46 nitrogen and oxygen atoms in total. The number of aryl methyl sites for hydroxylation is 5. The Morgan fingerprint density at radius 1 is 0.560 bits per heavy atom. The lowest BCUT2D eigenvalue weighted by Crippen LogP contribution is -2.67. The van der Waals surface area contributed by atoms with Gasteiger partial charge in [0, 0.05) is 57.2 Å². The standard InChI is InChI=1S/C94H135FN20O26/c1-9-65-49-70(141-29-13-12-28-115-55-69(109-114-115)57-140-44-43-139-42-41-138-40-39-137-38-37-136-36-35-135-34-33-134-32-31-133-30-26-96)23-24-71(65)66-21-19-63(20-22-66)48-74(84(123)101-73(89(128)129)18-14-15-64-46-59(2)45-60(3)47-64)102-85(124)76(51-80(120)121)103-86(125)77(56-116)104-87(126)81(61(4)117)107-92(132)94(8,52-67-16-10-11-17-72(67)95)108-88(127)82(62(5)118)106-79(119)54-99-83(122)75(50-78-110-112-113-111-78)105-91(131)93(6,7)90(130)98-27-25-68-53-97-58-100-68/h10-11,16-17,19-24,45-47,49,53,55,58,61-62,73-77,81-82,116-118H,9,12-15,18,25-44,48,50-52,54,56-57,96H2,1-8H3,(H,97,100)(H,98,130)(H,99,122)(H,101,123)(H,102,124)(H,103,125)(H,104,126)(H,105,131)(H,106,119)(H,107,132)(H,108,127)(H,120,121)(H,128,129)(H,110,111,112,113)/t61-,62-,73+,74+,75+,76+,77+,81+,82+,94?/m1/s1. The van der Waals surface area contributed by atoms with Crippen molar-refractivity contribution in [1.82, 2.24) is 98.8 Å². The van der Waals surface area contributed by atoms with Crippen LogP contribution in [0, 0.1) is 25.1 Å². The number of aliphatic hydroxyl groups is 3. The minimum atomic E-state index is -2.43. The van der Waals surface area contributed by atoms with Gasteiger partial charge in [0.05, 0.1) is 157 Å². The number of amides is 10. The Hall–Kier alpha value is -12.8. The van der Waals surface area contributed by atoms with Gasteiger partial charge in [-0.1, -0.05) is 95.2 Å². The average Bonchev–Trinajstić information content (AvgIpc) is 1.48. The number of aromatic nitrogens is 9. The molecule has 3 aromatic heterocycles. The minimum absolute atomic E-state index is 0.0674. The van der Waals surface area contributed by atoms with E-state index < -0.39 is 175 Å². The van der Waals surface area contributed by atoms with Crippen molar-refractivity contribution in [3.63, 3.8) is 0 Å². The van der Waals surface area contributed by atoms with Gasteiger partial charge in [-0.2, -0.15) is 5.21 Å². The zero-order chi connectivity index (χ0) is 103. The van der Waals surface area contributed by atoms with Gasteiger partial charge in [0.25, 0.3) is 0 Å². The molecular formula is C94H135FN20O26. The van der Waals surface area contributed by atoms with E-state index in [0.717, 1.165) is 66.6 Å². The molecule has 0 radical (unpaired) electrons. The third-order valence-corrected chi connectivity index (χ3v) is 22.0. The van der Waals surface area contributed by atoms with Crippen molar-refractivity contribution in [2.75, 3.05) is 132 Å². The van der Waals surface area contributed by atoms with Crippen LogP contribution in [-0.4, -0.2) is 334 Å². The Bertz CT molecular complexity index is 5040. The summed E-state index contributed by atoms with van der Waals surface area (Å²) in [5.41, 5.74) is 8.19. The number of rotatable bonds is 71. The molecule has 0 aliphatic carbocycles. The number of aliphatic carboxylic acids is 2. The molecule has 774 valence electrons. The normalized spacial score (nSPS) is 13.8. The summed E-state index contributed by atoms with van der Waals surface area (Å²) in [5.74, 6) is -15.0. The topological polar surface area (TPSA) is 649 Å². The van der Waals surface area contributed by atoms with Crippen molar-refractivity contribution in [2.24, 2.45) is 11.1 Å². The van der Waals surface area contributed by atoms with Gasteiger partial charge in [-0.3, -0.25) is 57.4 Å². The van der Waals surface area contributed by atoms with Crippen LogP contribution in [0.3, 0.4) is 0 Å². The number of tetrazole rings is 1. The zero-order valence-corrected chi connectivity index (χ0v) is 80.7. The predicted octanol–water partition coefficient (Wildman–Crippen LogP) is -0.916. The molecule has 0 bridgehead atoms. The highest BCUT2D eigenvalue weighted by Gasteiger charge is 2.44. The fraction of sp³-hybridized carbons (Fsp3) is 0.553. The molecule has 0 fully saturated rings. The number of carboxylic acid groups (broad SMARTS) is 2. The van der Waals surface area contributed by atoms with Crippen LogP contribution in [0.15, 0.2) is 104 Å². The molecule has 7 aromatic rings. The second kappa shape index (κ2) is 61.7. The lowest BCUT2D eigenvalue weighted by molar-refractivity contribution is -0.143. The lowest BCUT2D eigenvalue weighted by Gasteiger charge is -2.34. The maximum atomic E-state index is 15.6. The van der Waals surface area contributed by atoms with E-state index in [0.29, 0.717) is 174 Å². The predicted molar refractivity (Wildman–Crippen MR) is 503 cm³/mol. The van der Waals surface area contributed by atoms with Crippen molar-refractivity contribution < 1.29 is 130 Å². The van der Waals surface area contributed by atoms with Crippen molar-refractivity contribution in [2.45, 2.75) is 199 Å². The summed E-state index contributed by atoms with van der Waals surface area (Å²) in [7, 11) is 0. The zero-order valence-electron chi connectivity index (χ0n) is 80.7. The van der Waals surface area contributed by atoms with Gasteiger partial charge in [-0.25, -0.2) is 14.2 Å².